The average molecular weight is 381 g/mol. The summed E-state index contributed by atoms with van der Waals surface area (Å²) in [5.74, 6) is 0. The van der Waals surface area contributed by atoms with Gasteiger partial charge in [-0.15, -0.1) is 11.3 Å². The molecular weight excluding hydrogens is 366 g/mol. The summed E-state index contributed by atoms with van der Waals surface area (Å²) in [5, 5.41) is 3.86. The van der Waals surface area contributed by atoms with Crippen LogP contribution in [-0.2, 0) is 0 Å². The maximum atomic E-state index is 13.1. The fourth-order valence-electron chi connectivity index (χ4n) is 3.25. The van der Waals surface area contributed by atoms with Gasteiger partial charge in [-0.3, -0.25) is 14.3 Å². The minimum Gasteiger partial charge on any atom is -0.290 e. The first-order valence-corrected chi connectivity index (χ1v) is 9.74. The van der Waals surface area contributed by atoms with Crippen molar-refractivity contribution in [3.05, 3.63) is 94.6 Å². The summed E-state index contributed by atoms with van der Waals surface area (Å²) in [4.78, 5) is 21.8. The van der Waals surface area contributed by atoms with E-state index in [2.05, 4.69) is 9.97 Å². The van der Waals surface area contributed by atoms with Gasteiger partial charge in [0.25, 0.3) is 5.56 Å². The van der Waals surface area contributed by atoms with Gasteiger partial charge in [-0.2, -0.15) is 0 Å². The van der Waals surface area contributed by atoms with Crippen molar-refractivity contribution in [2.45, 2.75) is 0 Å². The predicted molar refractivity (Wildman–Crippen MR) is 116 cm³/mol. The van der Waals surface area contributed by atoms with Crippen molar-refractivity contribution in [1.82, 2.24) is 14.5 Å². The molecule has 0 radical (unpaired) electrons. The zero-order valence-electron chi connectivity index (χ0n) is 14.8. The number of para-hydroxylation sites is 1. The second kappa shape index (κ2) is 6.87. The summed E-state index contributed by atoms with van der Waals surface area (Å²) in [5.41, 5.74) is 3.65. The highest BCUT2D eigenvalue weighted by atomic mass is 32.1. The second-order valence-electron chi connectivity index (χ2n) is 6.40. The van der Waals surface area contributed by atoms with Crippen LogP contribution in [0.5, 0.6) is 0 Å². The molecule has 5 rings (SSSR count). The molecule has 0 amide bonds. The molecule has 0 spiro atoms. The molecule has 134 valence electrons. The van der Waals surface area contributed by atoms with Crippen molar-refractivity contribution in [1.29, 1.82) is 0 Å². The van der Waals surface area contributed by atoms with Gasteiger partial charge in [-0.1, -0.05) is 24.3 Å². The minimum absolute atomic E-state index is 0.0393. The molecule has 0 bridgehead atoms. The molecule has 0 N–H and O–H groups in total. The highest BCUT2D eigenvalue weighted by Gasteiger charge is 2.11. The van der Waals surface area contributed by atoms with E-state index in [4.69, 9.17) is 0 Å². The first-order chi connectivity index (χ1) is 13.8. The Bertz CT molecular complexity index is 1380. The Morgan fingerprint density at radius 1 is 0.964 bits per heavy atom. The highest BCUT2D eigenvalue weighted by Crippen LogP contribution is 2.31. The topological polar surface area (TPSA) is 47.8 Å². The van der Waals surface area contributed by atoms with Crippen LogP contribution in [0.1, 0.15) is 5.69 Å². The van der Waals surface area contributed by atoms with Crippen LogP contribution in [0.2, 0.25) is 0 Å². The van der Waals surface area contributed by atoms with E-state index in [9.17, 15) is 4.79 Å². The summed E-state index contributed by atoms with van der Waals surface area (Å²) in [6, 6.07) is 17.8. The van der Waals surface area contributed by atoms with Gasteiger partial charge in [0.15, 0.2) is 0 Å². The molecule has 1 aromatic carbocycles. The molecule has 0 atom stereocenters. The van der Waals surface area contributed by atoms with Crippen LogP contribution in [0.4, 0.5) is 0 Å². The van der Waals surface area contributed by atoms with Crippen molar-refractivity contribution in [2.24, 2.45) is 0 Å². The molecule has 0 aliphatic carbocycles. The third-order valence-corrected chi connectivity index (χ3v) is 5.62. The van der Waals surface area contributed by atoms with Crippen LogP contribution in [0.3, 0.4) is 0 Å². The average Bonchev–Trinajstić information content (AvgIpc) is 3.19. The first kappa shape index (κ1) is 16.6. The number of hydrogen-bond acceptors (Lipinski definition) is 4. The van der Waals surface area contributed by atoms with Gasteiger partial charge >= 0.3 is 0 Å². The van der Waals surface area contributed by atoms with Crippen LogP contribution < -0.4 is 5.56 Å². The van der Waals surface area contributed by atoms with Crippen LogP contribution in [-0.4, -0.2) is 14.5 Å². The summed E-state index contributed by atoms with van der Waals surface area (Å²) < 4.78 is 2.58. The molecule has 4 aromatic heterocycles. The number of nitrogens with zero attached hydrogens (tertiary/aromatic N) is 3. The predicted octanol–water partition coefficient (Wildman–Crippen LogP) is 5.30. The number of pyridine rings is 3. The maximum Gasteiger partial charge on any atom is 0.263 e. The molecule has 0 saturated carbocycles. The summed E-state index contributed by atoms with van der Waals surface area (Å²) >= 11 is 1.58. The molecule has 0 unspecified atom stereocenters. The van der Waals surface area contributed by atoms with E-state index in [1.807, 2.05) is 66.1 Å². The summed E-state index contributed by atoms with van der Waals surface area (Å²) in [6.45, 7) is 0. The molecule has 28 heavy (non-hydrogen) atoms. The molecule has 0 aliphatic rings. The molecule has 0 fully saturated rings. The smallest absolute Gasteiger partial charge is 0.263 e. The largest absolute Gasteiger partial charge is 0.290 e. The van der Waals surface area contributed by atoms with Gasteiger partial charge in [-0.05, 0) is 42.0 Å². The molecular formula is C23H15N3OS. The highest BCUT2D eigenvalue weighted by molar-refractivity contribution is 7.17. The lowest BCUT2D eigenvalue weighted by atomic mass is 10.1. The van der Waals surface area contributed by atoms with Gasteiger partial charge in [0.1, 0.15) is 0 Å². The van der Waals surface area contributed by atoms with Crippen molar-refractivity contribution >= 4 is 44.6 Å². The summed E-state index contributed by atoms with van der Waals surface area (Å²) in [7, 11) is 0. The third kappa shape index (κ3) is 2.92. The first-order valence-electron chi connectivity index (χ1n) is 8.86. The van der Waals surface area contributed by atoms with E-state index >= 15 is 0 Å². The lowest BCUT2D eigenvalue weighted by Gasteiger charge is -2.03. The molecule has 4 heterocycles. The quantitative estimate of drug-likeness (QED) is 0.426. The van der Waals surface area contributed by atoms with Crippen LogP contribution in [0.15, 0.2) is 83.4 Å². The summed E-state index contributed by atoms with van der Waals surface area (Å²) in [6.07, 6.45) is 8.91. The number of rotatable bonds is 3. The third-order valence-electron chi connectivity index (χ3n) is 4.67. The van der Waals surface area contributed by atoms with E-state index in [1.54, 1.807) is 40.7 Å². The van der Waals surface area contributed by atoms with E-state index in [0.29, 0.717) is 0 Å². The van der Waals surface area contributed by atoms with E-state index in [1.165, 1.54) is 0 Å². The number of benzene rings is 1. The van der Waals surface area contributed by atoms with E-state index < -0.39 is 0 Å². The Labute approximate surface area is 165 Å². The number of hydrogen-bond donors (Lipinski definition) is 0. The maximum absolute atomic E-state index is 13.1. The molecule has 0 saturated heterocycles. The van der Waals surface area contributed by atoms with Gasteiger partial charge in [-0.25, -0.2) is 4.98 Å². The fraction of sp³-hybridized carbons (Fsp3) is 0. The normalized spacial score (nSPS) is 11.6. The monoisotopic (exact) mass is 381 g/mol. The lowest BCUT2D eigenvalue weighted by Crippen LogP contribution is -2.14. The Morgan fingerprint density at radius 2 is 1.82 bits per heavy atom. The molecule has 5 aromatic rings. The van der Waals surface area contributed by atoms with Crippen LogP contribution in [0.25, 0.3) is 44.4 Å². The van der Waals surface area contributed by atoms with Crippen LogP contribution >= 0.6 is 11.3 Å². The number of aromatic nitrogens is 3. The van der Waals surface area contributed by atoms with Crippen molar-refractivity contribution in [3.63, 3.8) is 0 Å². The Morgan fingerprint density at radius 3 is 2.71 bits per heavy atom. The van der Waals surface area contributed by atoms with Crippen LogP contribution in [0, 0.1) is 0 Å². The Hall–Kier alpha value is -3.57. The van der Waals surface area contributed by atoms with Gasteiger partial charge in [0.05, 0.1) is 16.6 Å². The molecule has 4 nitrogen and oxygen atoms in total. The molecule has 0 aliphatic heterocycles. The minimum atomic E-state index is -0.0393. The number of thiophene rings is 1. The lowest BCUT2D eigenvalue weighted by molar-refractivity contribution is 1.09. The fourth-order valence-corrected chi connectivity index (χ4v) is 4.21. The van der Waals surface area contributed by atoms with Crippen molar-refractivity contribution in [2.75, 3.05) is 0 Å². The van der Waals surface area contributed by atoms with Gasteiger partial charge in [0, 0.05) is 45.8 Å². The van der Waals surface area contributed by atoms with Gasteiger partial charge in [0.2, 0.25) is 0 Å². The standard InChI is InChI=1S/C23H15N3OS/c27-23-22-19(16-7-11-24-12-8-16)15-28-21(22)10-14-26(23)13-9-18-6-5-17-3-1-2-4-20(17)25-18/h1-15H/b13-9+. The Kier molecular flexibility index (Phi) is 4.07. The Balaban J connectivity index is 1.58. The van der Waals surface area contributed by atoms with Crippen molar-refractivity contribution < 1.29 is 0 Å². The SMILES string of the molecule is O=c1c2c(-c3ccncc3)csc2ccn1/C=C/c1ccc2ccccc2n1. The van der Waals surface area contributed by atoms with E-state index in [0.717, 1.165) is 37.8 Å². The van der Waals surface area contributed by atoms with Crippen molar-refractivity contribution in [3.8, 4) is 11.1 Å². The zero-order valence-corrected chi connectivity index (χ0v) is 15.6. The second-order valence-corrected chi connectivity index (χ2v) is 7.31. The molecule has 5 heteroatoms. The van der Waals surface area contributed by atoms with Gasteiger partial charge < -0.3 is 0 Å². The van der Waals surface area contributed by atoms with E-state index in [-0.39, 0.29) is 5.56 Å². The number of fused-ring (bicyclic) bond motifs is 2. The zero-order chi connectivity index (χ0) is 18.9.